The molecule has 1 heterocycles. The summed E-state index contributed by atoms with van der Waals surface area (Å²) in [4.78, 5) is 12.8. The van der Waals surface area contributed by atoms with Crippen LogP contribution in [0.25, 0.3) is 10.8 Å². The Hall–Kier alpha value is -3.15. The summed E-state index contributed by atoms with van der Waals surface area (Å²) in [5, 5.41) is 4.29. The van der Waals surface area contributed by atoms with Gasteiger partial charge in [0.1, 0.15) is 18.9 Å². The van der Waals surface area contributed by atoms with Crippen LogP contribution in [0.4, 0.5) is 5.69 Å². The van der Waals surface area contributed by atoms with Crippen molar-refractivity contribution in [1.29, 1.82) is 0 Å². The molecule has 1 N–H and O–H groups in total. The number of hydrogen-bond acceptors (Lipinski definition) is 6. The number of carbonyl (C=O) groups is 1. The van der Waals surface area contributed by atoms with E-state index in [1.165, 1.54) is 16.4 Å². The molecule has 0 atom stereocenters. The lowest BCUT2D eigenvalue weighted by molar-refractivity contribution is -0.119. The van der Waals surface area contributed by atoms with Crippen LogP contribution in [0, 0.1) is 0 Å². The van der Waals surface area contributed by atoms with Crippen LogP contribution in [-0.2, 0) is 24.8 Å². The van der Waals surface area contributed by atoms with Gasteiger partial charge >= 0.3 is 0 Å². The van der Waals surface area contributed by atoms with Crippen LogP contribution >= 0.6 is 0 Å². The van der Waals surface area contributed by atoms with Crippen molar-refractivity contribution in [2.45, 2.75) is 24.2 Å². The number of anilines is 1. The molecule has 1 aliphatic heterocycles. The van der Waals surface area contributed by atoms with Gasteiger partial charge < -0.3 is 10.1 Å². The number of ether oxygens (including phenoxy) is 1. The quantitative estimate of drug-likeness (QED) is 0.392. The molecule has 1 amide bonds. The van der Waals surface area contributed by atoms with Crippen LogP contribution in [-0.4, -0.2) is 66.1 Å². The summed E-state index contributed by atoms with van der Waals surface area (Å²) in [6.45, 7) is 1.00. The summed E-state index contributed by atoms with van der Waals surface area (Å²) in [7, 11) is -7.22. The molecule has 0 aromatic heterocycles. The molecule has 0 unspecified atom stereocenters. The summed E-state index contributed by atoms with van der Waals surface area (Å²) >= 11 is 0. The van der Waals surface area contributed by atoms with Crippen molar-refractivity contribution >= 4 is 42.4 Å². The van der Waals surface area contributed by atoms with Crippen molar-refractivity contribution in [3.05, 3.63) is 66.7 Å². The van der Waals surface area contributed by atoms with Gasteiger partial charge in [0, 0.05) is 18.5 Å². The molecule has 0 aliphatic carbocycles. The zero-order chi connectivity index (χ0) is 26.5. The minimum Gasteiger partial charge on any atom is -0.492 e. The number of nitrogens with zero attached hydrogens (tertiary/aromatic N) is 2. The summed E-state index contributed by atoms with van der Waals surface area (Å²) < 4.78 is 58.8. The molecule has 0 saturated carbocycles. The van der Waals surface area contributed by atoms with Crippen molar-refractivity contribution in [3.63, 3.8) is 0 Å². The first-order valence-corrected chi connectivity index (χ1v) is 15.4. The minimum atomic E-state index is -3.71. The van der Waals surface area contributed by atoms with Gasteiger partial charge in [-0.05, 0) is 48.6 Å². The van der Waals surface area contributed by atoms with E-state index in [1.54, 1.807) is 24.3 Å². The van der Waals surface area contributed by atoms with Gasteiger partial charge in [-0.3, -0.25) is 9.10 Å². The lowest BCUT2D eigenvalue weighted by Crippen LogP contribution is -2.41. The summed E-state index contributed by atoms with van der Waals surface area (Å²) in [5.74, 6) is 0.00490. The summed E-state index contributed by atoms with van der Waals surface area (Å²) in [6.07, 6.45) is 3.86. The molecule has 1 fully saturated rings. The number of piperidine rings is 1. The lowest BCUT2D eigenvalue weighted by atomic mass is 10.1. The fraction of sp³-hybridized carbons (Fsp3) is 0.346. The molecular formula is C26H31N3O6S2. The van der Waals surface area contributed by atoms with E-state index >= 15 is 0 Å². The average Bonchev–Trinajstić information content (AvgIpc) is 2.90. The number of hydrogen-bond donors (Lipinski definition) is 1. The second-order valence-corrected chi connectivity index (χ2v) is 12.7. The van der Waals surface area contributed by atoms with Gasteiger partial charge in [0.05, 0.1) is 23.4 Å². The van der Waals surface area contributed by atoms with E-state index in [-0.39, 0.29) is 24.6 Å². The third kappa shape index (κ3) is 6.60. The molecule has 198 valence electrons. The van der Waals surface area contributed by atoms with Crippen molar-refractivity contribution in [2.24, 2.45) is 0 Å². The number of fused-ring (bicyclic) bond motifs is 1. The maximum atomic E-state index is 12.8. The van der Waals surface area contributed by atoms with Crippen LogP contribution in [0.15, 0.2) is 71.6 Å². The number of nitrogens with one attached hydrogen (secondary N) is 1. The first-order chi connectivity index (χ1) is 17.7. The molecule has 9 nitrogen and oxygen atoms in total. The highest BCUT2D eigenvalue weighted by atomic mass is 32.2. The van der Waals surface area contributed by atoms with Gasteiger partial charge in [-0.2, -0.15) is 4.31 Å². The topological polar surface area (TPSA) is 113 Å². The van der Waals surface area contributed by atoms with Gasteiger partial charge in [-0.1, -0.05) is 42.8 Å². The lowest BCUT2D eigenvalue weighted by Gasteiger charge is -2.25. The zero-order valence-electron chi connectivity index (χ0n) is 20.7. The van der Waals surface area contributed by atoms with Gasteiger partial charge in [-0.15, -0.1) is 0 Å². The third-order valence-electron chi connectivity index (χ3n) is 6.19. The predicted octanol–water partition coefficient (Wildman–Crippen LogP) is 2.98. The number of carbonyl (C=O) groups excluding carboxylic acids is 1. The second kappa shape index (κ2) is 11.5. The molecule has 1 saturated heterocycles. The highest BCUT2D eigenvalue weighted by molar-refractivity contribution is 7.92. The fourth-order valence-corrected chi connectivity index (χ4v) is 6.70. The van der Waals surface area contributed by atoms with Crippen LogP contribution in [0.1, 0.15) is 19.3 Å². The predicted molar refractivity (Wildman–Crippen MR) is 144 cm³/mol. The van der Waals surface area contributed by atoms with E-state index < -0.39 is 26.0 Å². The molecular weight excluding hydrogens is 514 g/mol. The largest absolute Gasteiger partial charge is 0.492 e. The molecule has 4 rings (SSSR count). The van der Waals surface area contributed by atoms with Crippen LogP contribution in [0.3, 0.4) is 0 Å². The van der Waals surface area contributed by atoms with Gasteiger partial charge in [0.25, 0.3) is 0 Å². The molecule has 1 aliphatic rings. The Labute approximate surface area is 218 Å². The van der Waals surface area contributed by atoms with E-state index in [9.17, 15) is 21.6 Å². The fourth-order valence-electron chi connectivity index (χ4n) is 4.31. The van der Waals surface area contributed by atoms with Crippen LogP contribution in [0.2, 0.25) is 0 Å². The molecule has 3 aromatic rings. The smallest absolute Gasteiger partial charge is 0.243 e. The first-order valence-electron chi connectivity index (χ1n) is 12.1. The van der Waals surface area contributed by atoms with E-state index in [4.69, 9.17) is 4.74 Å². The maximum Gasteiger partial charge on any atom is 0.243 e. The highest BCUT2D eigenvalue weighted by Crippen LogP contribution is 2.28. The monoisotopic (exact) mass is 545 g/mol. The Kier molecular flexibility index (Phi) is 8.35. The Bertz CT molecular complexity index is 1450. The molecule has 0 spiro atoms. The van der Waals surface area contributed by atoms with E-state index in [0.717, 1.165) is 40.6 Å². The van der Waals surface area contributed by atoms with E-state index in [0.29, 0.717) is 24.5 Å². The van der Waals surface area contributed by atoms with Crippen LogP contribution in [0.5, 0.6) is 5.75 Å². The first kappa shape index (κ1) is 26.9. The van der Waals surface area contributed by atoms with Crippen molar-refractivity contribution in [2.75, 3.05) is 43.3 Å². The Morgan fingerprint density at radius 2 is 1.59 bits per heavy atom. The normalized spacial score (nSPS) is 14.8. The van der Waals surface area contributed by atoms with Gasteiger partial charge in [-0.25, -0.2) is 16.8 Å². The van der Waals surface area contributed by atoms with Gasteiger partial charge in [0.2, 0.25) is 26.0 Å². The summed E-state index contributed by atoms with van der Waals surface area (Å²) in [6, 6.07) is 18.9. The zero-order valence-corrected chi connectivity index (χ0v) is 22.3. The van der Waals surface area contributed by atoms with Crippen molar-refractivity contribution in [1.82, 2.24) is 9.62 Å². The maximum absolute atomic E-state index is 12.8. The second-order valence-electron chi connectivity index (χ2n) is 8.90. The Morgan fingerprint density at radius 1 is 0.919 bits per heavy atom. The molecule has 0 radical (unpaired) electrons. The molecule has 11 heteroatoms. The Morgan fingerprint density at radius 3 is 2.30 bits per heavy atom. The number of amides is 1. The number of rotatable bonds is 10. The van der Waals surface area contributed by atoms with Crippen molar-refractivity contribution in [3.8, 4) is 5.75 Å². The van der Waals surface area contributed by atoms with Crippen LogP contribution < -0.4 is 14.4 Å². The molecule has 3 aromatic carbocycles. The Balaban J connectivity index is 1.31. The number of benzene rings is 3. The van der Waals surface area contributed by atoms with E-state index in [2.05, 4.69) is 5.32 Å². The molecule has 0 bridgehead atoms. The molecule has 37 heavy (non-hydrogen) atoms. The van der Waals surface area contributed by atoms with E-state index in [1.807, 2.05) is 30.3 Å². The highest BCUT2D eigenvalue weighted by Gasteiger charge is 2.26. The average molecular weight is 546 g/mol. The van der Waals surface area contributed by atoms with Crippen molar-refractivity contribution < 1.29 is 26.4 Å². The van der Waals surface area contributed by atoms with Gasteiger partial charge in [0.15, 0.2) is 0 Å². The standard InChI is InChI=1S/C26H31N3O6S2/c1-36(31,32)29(25-11-7-9-21-8-3-4-10-24(21)25)20-26(30)27-16-19-35-22-12-14-23(15-13-22)37(33,34)28-17-5-2-6-18-28/h3-4,7-15H,2,5-6,16-20H2,1H3,(H,27,30). The minimum absolute atomic E-state index is 0.136. The summed E-state index contributed by atoms with van der Waals surface area (Å²) in [5.41, 5.74) is 0.437. The third-order valence-corrected chi connectivity index (χ3v) is 9.23. The number of sulfonamides is 2. The SMILES string of the molecule is CS(=O)(=O)N(CC(=O)NCCOc1ccc(S(=O)(=O)N2CCCCC2)cc1)c1cccc2ccccc12.